The average Bonchev–Trinajstić information content (AvgIpc) is 2.91. The molecule has 0 radical (unpaired) electrons. The van der Waals surface area contributed by atoms with Gasteiger partial charge in [-0.05, 0) is 13.8 Å². The lowest BCUT2D eigenvalue weighted by Gasteiger charge is -2.18. The fourth-order valence-corrected chi connectivity index (χ4v) is 1.62. The van der Waals surface area contributed by atoms with E-state index in [1.165, 1.54) is 0 Å². The van der Waals surface area contributed by atoms with Gasteiger partial charge in [0.2, 0.25) is 11.8 Å². The monoisotopic (exact) mass is 212 g/mol. The van der Waals surface area contributed by atoms with Crippen molar-refractivity contribution in [3.8, 4) is 0 Å². The van der Waals surface area contributed by atoms with E-state index in [1.54, 1.807) is 0 Å². The molecule has 2 aliphatic rings. The molecule has 0 saturated heterocycles. The van der Waals surface area contributed by atoms with E-state index in [9.17, 15) is 0 Å². The number of nitrogens with zero attached hydrogens (tertiary/aromatic N) is 2. The molecule has 0 aromatic heterocycles. The topological polar surface area (TPSA) is 52.4 Å². The van der Waals surface area contributed by atoms with Gasteiger partial charge in [-0.25, -0.2) is 9.98 Å². The smallest absolute Gasteiger partial charge is 0.213 e. The highest BCUT2D eigenvalue weighted by Gasteiger charge is 2.23. The molecule has 5 nitrogen and oxygen atoms in total. The Kier molecular flexibility index (Phi) is 3.20. The summed E-state index contributed by atoms with van der Waals surface area (Å²) in [7, 11) is 0. The lowest BCUT2D eigenvalue weighted by atomic mass is 10.3. The normalized spacial score (nSPS) is 23.9. The molecule has 0 aromatic rings. The first-order valence-corrected chi connectivity index (χ1v) is 5.27. The maximum absolute atomic E-state index is 5.71. The number of aliphatic imine (C=N–C) groups is 2. The third-order valence-electron chi connectivity index (χ3n) is 2.32. The van der Waals surface area contributed by atoms with Crippen LogP contribution in [0.15, 0.2) is 9.98 Å². The van der Waals surface area contributed by atoms with Gasteiger partial charge in [0.25, 0.3) is 0 Å². The minimum Gasteiger partial charge on any atom is -0.477 e. The Morgan fingerprint density at radius 2 is 1.47 bits per heavy atom. The molecular weight excluding hydrogens is 196 g/mol. The maximum atomic E-state index is 5.71. The van der Waals surface area contributed by atoms with Gasteiger partial charge in [-0.1, -0.05) is 0 Å². The van der Waals surface area contributed by atoms with Gasteiger partial charge in [0.15, 0.2) is 0 Å². The van der Waals surface area contributed by atoms with Crippen LogP contribution in [0, 0.1) is 0 Å². The summed E-state index contributed by atoms with van der Waals surface area (Å²) in [5.41, 5.74) is 0. The molecule has 0 N–H and O–H groups in total. The van der Waals surface area contributed by atoms with Gasteiger partial charge in [0, 0.05) is 0 Å². The molecule has 2 rings (SSSR count). The predicted molar refractivity (Wildman–Crippen MR) is 56.5 cm³/mol. The highest BCUT2D eigenvalue weighted by atomic mass is 16.6. The van der Waals surface area contributed by atoms with Crippen LogP contribution in [0.2, 0.25) is 0 Å². The molecular formula is C10H16N2O3. The van der Waals surface area contributed by atoms with Crippen LogP contribution < -0.4 is 0 Å². The van der Waals surface area contributed by atoms with E-state index in [0.717, 1.165) is 13.1 Å². The summed E-state index contributed by atoms with van der Waals surface area (Å²) in [5, 5.41) is 0. The molecule has 2 heterocycles. The second kappa shape index (κ2) is 4.61. The minimum atomic E-state index is -0.130. The molecule has 2 unspecified atom stereocenters. The molecule has 0 spiro atoms. The van der Waals surface area contributed by atoms with Crippen molar-refractivity contribution in [3.63, 3.8) is 0 Å². The van der Waals surface area contributed by atoms with Crippen LogP contribution in [0.5, 0.6) is 0 Å². The number of rotatable bonds is 4. The molecule has 15 heavy (non-hydrogen) atoms. The number of hydrogen-bond donors (Lipinski definition) is 0. The van der Waals surface area contributed by atoms with Crippen LogP contribution in [0.1, 0.15) is 13.8 Å². The Morgan fingerprint density at radius 3 is 1.80 bits per heavy atom. The summed E-state index contributed by atoms with van der Waals surface area (Å²) in [5.74, 6) is 1.36. The van der Waals surface area contributed by atoms with Crippen LogP contribution in [0.4, 0.5) is 0 Å². The Labute approximate surface area is 89.1 Å². The van der Waals surface area contributed by atoms with Crippen molar-refractivity contribution < 1.29 is 14.2 Å². The molecule has 5 heteroatoms. The van der Waals surface area contributed by atoms with Crippen molar-refractivity contribution in [1.29, 1.82) is 0 Å². The second-order valence-electron chi connectivity index (χ2n) is 3.56. The highest BCUT2D eigenvalue weighted by Crippen LogP contribution is 2.09. The summed E-state index contributed by atoms with van der Waals surface area (Å²) in [6.45, 7) is 6.64. The van der Waals surface area contributed by atoms with Gasteiger partial charge >= 0.3 is 0 Å². The van der Waals surface area contributed by atoms with Crippen molar-refractivity contribution >= 4 is 11.8 Å². The van der Waals surface area contributed by atoms with Gasteiger partial charge in [-0.15, -0.1) is 0 Å². The minimum absolute atomic E-state index is 0.130. The van der Waals surface area contributed by atoms with E-state index < -0.39 is 0 Å². The third kappa shape index (κ3) is 2.47. The summed E-state index contributed by atoms with van der Waals surface area (Å²) in [4.78, 5) is 8.41. The van der Waals surface area contributed by atoms with Crippen LogP contribution in [-0.2, 0) is 14.2 Å². The van der Waals surface area contributed by atoms with Gasteiger partial charge in [-0.3, -0.25) is 0 Å². The fraction of sp³-hybridized carbons (Fsp3) is 0.800. The van der Waals surface area contributed by atoms with Crippen molar-refractivity contribution in [2.75, 3.05) is 26.3 Å². The maximum Gasteiger partial charge on any atom is 0.213 e. The molecule has 0 bridgehead atoms. The van der Waals surface area contributed by atoms with E-state index in [2.05, 4.69) is 9.98 Å². The number of ether oxygens (including phenoxy) is 3. The third-order valence-corrected chi connectivity index (χ3v) is 2.32. The highest BCUT2D eigenvalue weighted by molar-refractivity contribution is 5.84. The summed E-state index contributed by atoms with van der Waals surface area (Å²) in [6.07, 6.45) is -0.260. The standard InChI is InChI=1S/C10H16N2O3/c1-7(9-11-3-5-13-9)15-8(2)10-12-4-6-14-10/h7-8H,3-6H2,1-2H3. The number of hydrogen-bond acceptors (Lipinski definition) is 5. The van der Waals surface area contributed by atoms with Crippen LogP contribution in [0.25, 0.3) is 0 Å². The second-order valence-corrected chi connectivity index (χ2v) is 3.56. The zero-order chi connectivity index (χ0) is 10.7. The Bertz CT molecular complexity index is 260. The quantitative estimate of drug-likeness (QED) is 0.687. The molecule has 0 aliphatic carbocycles. The fourth-order valence-electron chi connectivity index (χ4n) is 1.62. The van der Waals surface area contributed by atoms with E-state index in [0.29, 0.717) is 25.0 Å². The van der Waals surface area contributed by atoms with E-state index in [4.69, 9.17) is 14.2 Å². The summed E-state index contributed by atoms with van der Waals surface area (Å²) in [6, 6.07) is 0. The average molecular weight is 212 g/mol. The first-order valence-electron chi connectivity index (χ1n) is 5.27. The van der Waals surface area contributed by atoms with Gasteiger partial charge in [0.05, 0.1) is 13.1 Å². The van der Waals surface area contributed by atoms with Crippen LogP contribution in [0.3, 0.4) is 0 Å². The first-order chi connectivity index (χ1) is 7.27. The van der Waals surface area contributed by atoms with Gasteiger partial charge in [0.1, 0.15) is 25.4 Å². The largest absolute Gasteiger partial charge is 0.477 e. The zero-order valence-electron chi connectivity index (χ0n) is 9.10. The van der Waals surface area contributed by atoms with Gasteiger partial charge < -0.3 is 14.2 Å². The molecule has 0 amide bonds. The van der Waals surface area contributed by atoms with E-state index >= 15 is 0 Å². The Hall–Kier alpha value is -1.10. The molecule has 84 valence electrons. The molecule has 2 aliphatic heterocycles. The first kappa shape index (κ1) is 10.4. The van der Waals surface area contributed by atoms with Crippen molar-refractivity contribution in [1.82, 2.24) is 0 Å². The van der Waals surface area contributed by atoms with Crippen LogP contribution >= 0.6 is 0 Å². The molecule has 2 atom stereocenters. The lowest BCUT2D eigenvalue weighted by Crippen LogP contribution is -2.30. The SMILES string of the molecule is CC(OC(C)C1=NCCO1)C1=NCCO1. The van der Waals surface area contributed by atoms with E-state index in [1.807, 2.05) is 13.8 Å². The lowest BCUT2D eigenvalue weighted by molar-refractivity contribution is 0.0591. The molecule has 0 fully saturated rings. The summed E-state index contributed by atoms with van der Waals surface area (Å²) >= 11 is 0. The Balaban J connectivity index is 1.85. The molecule has 0 aromatic carbocycles. The van der Waals surface area contributed by atoms with Gasteiger partial charge in [-0.2, -0.15) is 0 Å². The van der Waals surface area contributed by atoms with Crippen molar-refractivity contribution in [2.45, 2.75) is 26.1 Å². The van der Waals surface area contributed by atoms with Crippen molar-refractivity contribution in [3.05, 3.63) is 0 Å². The van der Waals surface area contributed by atoms with E-state index in [-0.39, 0.29) is 12.2 Å². The Morgan fingerprint density at radius 1 is 1.00 bits per heavy atom. The molecule has 0 saturated carbocycles. The zero-order valence-corrected chi connectivity index (χ0v) is 9.10. The predicted octanol–water partition coefficient (Wildman–Crippen LogP) is 0.637. The summed E-state index contributed by atoms with van der Waals surface area (Å²) < 4.78 is 16.4. The van der Waals surface area contributed by atoms with Crippen LogP contribution in [-0.4, -0.2) is 50.3 Å². The van der Waals surface area contributed by atoms with Crippen molar-refractivity contribution in [2.24, 2.45) is 9.98 Å².